The quantitative estimate of drug-likeness (QED) is 0.677. The third kappa shape index (κ3) is 2.46. The number of nitro benzene ring substituents is 1. The number of carboxylic acid groups (broad SMARTS) is 1. The minimum absolute atomic E-state index is 0.0845. The molecule has 2 aromatic rings. The number of aromatic carboxylic acids is 1. The molecule has 0 bridgehead atoms. The lowest BCUT2D eigenvalue weighted by Crippen LogP contribution is -1.92. The molecule has 2 rings (SSSR count). The summed E-state index contributed by atoms with van der Waals surface area (Å²) in [7, 11) is 0. The predicted octanol–water partition coefficient (Wildman–Crippen LogP) is 3.15. The molecule has 18 heavy (non-hydrogen) atoms. The van der Waals surface area contributed by atoms with E-state index in [1.54, 1.807) is 6.07 Å². The van der Waals surface area contributed by atoms with E-state index in [1.165, 1.54) is 30.3 Å². The SMILES string of the molecule is O=C(O)c1ccc(Oc2ccccc2[N+](=O)[O-])s1. The topological polar surface area (TPSA) is 89.7 Å². The van der Waals surface area contributed by atoms with Crippen LogP contribution in [0.25, 0.3) is 0 Å². The highest BCUT2D eigenvalue weighted by atomic mass is 32.1. The number of hydrogen-bond donors (Lipinski definition) is 1. The normalized spacial score (nSPS) is 10.0. The average molecular weight is 265 g/mol. The summed E-state index contributed by atoms with van der Waals surface area (Å²) in [4.78, 5) is 21.0. The van der Waals surface area contributed by atoms with Gasteiger partial charge in [0, 0.05) is 6.07 Å². The van der Waals surface area contributed by atoms with Crippen LogP contribution < -0.4 is 4.74 Å². The predicted molar refractivity (Wildman–Crippen MR) is 64.4 cm³/mol. The Kier molecular flexibility index (Phi) is 3.24. The van der Waals surface area contributed by atoms with Gasteiger partial charge in [-0.3, -0.25) is 10.1 Å². The minimum Gasteiger partial charge on any atom is -0.477 e. The molecule has 0 fully saturated rings. The van der Waals surface area contributed by atoms with Gasteiger partial charge in [-0.2, -0.15) is 0 Å². The number of ether oxygens (including phenoxy) is 1. The first kappa shape index (κ1) is 12.1. The number of nitro groups is 1. The maximum atomic E-state index is 10.8. The Labute approximate surface area is 105 Å². The highest BCUT2D eigenvalue weighted by Gasteiger charge is 2.16. The Morgan fingerprint density at radius 1 is 1.28 bits per heavy atom. The van der Waals surface area contributed by atoms with Gasteiger partial charge in [0.1, 0.15) is 4.88 Å². The van der Waals surface area contributed by atoms with E-state index < -0.39 is 10.9 Å². The van der Waals surface area contributed by atoms with Gasteiger partial charge in [-0.05, 0) is 18.2 Å². The molecule has 1 aromatic heterocycles. The molecule has 0 aliphatic carbocycles. The summed E-state index contributed by atoms with van der Waals surface area (Å²) in [5.41, 5.74) is -0.164. The first-order valence-electron chi connectivity index (χ1n) is 4.82. The smallest absolute Gasteiger partial charge is 0.345 e. The van der Waals surface area contributed by atoms with Gasteiger partial charge >= 0.3 is 11.7 Å². The van der Waals surface area contributed by atoms with Crippen molar-refractivity contribution < 1.29 is 19.6 Å². The summed E-state index contributed by atoms with van der Waals surface area (Å²) in [5.74, 6) is -0.973. The van der Waals surface area contributed by atoms with Crippen LogP contribution in [0.4, 0.5) is 5.69 Å². The number of benzene rings is 1. The van der Waals surface area contributed by atoms with Crippen molar-refractivity contribution in [2.24, 2.45) is 0 Å². The number of hydrogen-bond acceptors (Lipinski definition) is 5. The molecule has 1 aromatic carbocycles. The Hall–Kier alpha value is -2.41. The molecule has 6 nitrogen and oxygen atoms in total. The fraction of sp³-hybridized carbons (Fsp3) is 0. The van der Waals surface area contributed by atoms with Gasteiger partial charge in [-0.15, -0.1) is 0 Å². The van der Waals surface area contributed by atoms with E-state index in [-0.39, 0.29) is 16.3 Å². The lowest BCUT2D eigenvalue weighted by atomic mass is 10.3. The summed E-state index contributed by atoms with van der Waals surface area (Å²) in [6, 6.07) is 8.76. The van der Waals surface area contributed by atoms with Crippen molar-refractivity contribution >= 4 is 23.0 Å². The maximum absolute atomic E-state index is 10.8. The Bertz CT molecular complexity index is 607. The lowest BCUT2D eigenvalue weighted by molar-refractivity contribution is -0.385. The van der Waals surface area contributed by atoms with Gasteiger partial charge < -0.3 is 9.84 Å². The summed E-state index contributed by atoms with van der Waals surface area (Å²) in [5, 5.41) is 19.8. The molecule has 0 aliphatic heterocycles. The molecule has 1 N–H and O–H groups in total. The molecule has 0 aliphatic rings. The molecule has 0 spiro atoms. The number of carbonyl (C=O) groups is 1. The summed E-state index contributed by atoms with van der Waals surface area (Å²) in [6.45, 7) is 0. The zero-order valence-electron chi connectivity index (χ0n) is 8.90. The van der Waals surface area contributed by atoms with Gasteiger partial charge in [-0.1, -0.05) is 23.5 Å². The largest absolute Gasteiger partial charge is 0.477 e. The molecule has 92 valence electrons. The molecule has 7 heteroatoms. The van der Waals surface area contributed by atoms with Crippen molar-refractivity contribution in [3.63, 3.8) is 0 Å². The van der Waals surface area contributed by atoms with Crippen molar-refractivity contribution in [1.29, 1.82) is 0 Å². The molecule has 0 amide bonds. The van der Waals surface area contributed by atoms with Crippen LogP contribution in [0.3, 0.4) is 0 Å². The second-order valence-electron chi connectivity index (χ2n) is 3.25. The third-order valence-corrected chi connectivity index (χ3v) is 3.02. The van der Waals surface area contributed by atoms with Crippen molar-refractivity contribution in [3.8, 4) is 10.8 Å². The van der Waals surface area contributed by atoms with E-state index in [9.17, 15) is 14.9 Å². The average Bonchev–Trinajstić information content (AvgIpc) is 2.78. The van der Waals surface area contributed by atoms with Crippen molar-refractivity contribution in [2.75, 3.05) is 0 Å². The zero-order chi connectivity index (χ0) is 13.1. The van der Waals surface area contributed by atoms with E-state index in [0.29, 0.717) is 5.06 Å². The molecule has 0 atom stereocenters. The van der Waals surface area contributed by atoms with Crippen LogP contribution in [0.15, 0.2) is 36.4 Å². The molecular formula is C11H7NO5S. The van der Waals surface area contributed by atoms with Crippen LogP contribution in [-0.4, -0.2) is 16.0 Å². The van der Waals surface area contributed by atoms with Gasteiger partial charge in [0.15, 0.2) is 5.06 Å². The van der Waals surface area contributed by atoms with Crippen LogP contribution >= 0.6 is 11.3 Å². The van der Waals surface area contributed by atoms with Gasteiger partial charge in [0.25, 0.3) is 0 Å². The van der Waals surface area contributed by atoms with Crippen LogP contribution in [0.5, 0.6) is 10.8 Å². The first-order chi connectivity index (χ1) is 8.58. The monoisotopic (exact) mass is 265 g/mol. The summed E-state index contributed by atoms with van der Waals surface area (Å²) in [6.07, 6.45) is 0. The standard InChI is InChI=1S/C11H7NO5S/c13-11(14)9-5-6-10(18-9)17-8-4-2-1-3-7(8)12(15)16/h1-6H,(H,13,14). The molecule has 0 saturated heterocycles. The highest BCUT2D eigenvalue weighted by Crippen LogP contribution is 2.34. The third-order valence-electron chi connectivity index (χ3n) is 2.06. The van der Waals surface area contributed by atoms with Gasteiger partial charge in [0.05, 0.1) is 4.92 Å². The van der Waals surface area contributed by atoms with E-state index in [4.69, 9.17) is 9.84 Å². The van der Waals surface area contributed by atoms with Crippen molar-refractivity contribution in [3.05, 3.63) is 51.4 Å². The summed E-state index contributed by atoms with van der Waals surface area (Å²) < 4.78 is 5.32. The van der Waals surface area contributed by atoms with Crippen LogP contribution in [0.2, 0.25) is 0 Å². The molecular weight excluding hydrogens is 258 g/mol. The second kappa shape index (κ2) is 4.84. The van der Waals surface area contributed by atoms with Crippen LogP contribution in [0.1, 0.15) is 9.67 Å². The molecule has 0 radical (unpaired) electrons. The number of carboxylic acids is 1. The number of para-hydroxylation sites is 2. The van der Waals surface area contributed by atoms with E-state index in [2.05, 4.69) is 0 Å². The Morgan fingerprint density at radius 3 is 2.61 bits per heavy atom. The summed E-state index contributed by atoms with van der Waals surface area (Å²) >= 11 is 0.912. The first-order valence-corrected chi connectivity index (χ1v) is 5.64. The molecule has 0 saturated carbocycles. The fourth-order valence-electron chi connectivity index (χ4n) is 1.29. The lowest BCUT2D eigenvalue weighted by Gasteiger charge is -2.02. The van der Waals surface area contributed by atoms with Crippen LogP contribution in [-0.2, 0) is 0 Å². The number of thiophene rings is 1. The van der Waals surface area contributed by atoms with E-state index in [1.807, 2.05) is 0 Å². The minimum atomic E-state index is -1.06. The van der Waals surface area contributed by atoms with E-state index in [0.717, 1.165) is 11.3 Å². The number of rotatable bonds is 4. The molecule has 1 heterocycles. The zero-order valence-corrected chi connectivity index (χ0v) is 9.72. The van der Waals surface area contributed by atoms with Crippen LogP contribution in [0, 0.1) is 10.1 Å². The Morgan fingerprint density at radius 2 is 2.00 bits per heavy atom. The molecule has 0 unspecified atom stereocenters. The Balaban J connectivity index is 2.28. The van der Waals surface area contributed by atoms with Gasteiger partial charge in [0.2, 0.25) is 5.75 Å². The highest BCUT2D eigenvalue weighted by molar-refractivity contribution is 7.15. The second-order valence-corrected chi connectivity index (χ2v) is 4.30. The van der Waals surface area contributed by atoms with Gasteiger partial charge in [-0.25, -0.2) is 4.79 Å². The van der Waals surface area contributed by atoms with Crippen molar-refractivity contribution in [2.45, 2.75) is 0 Å². The van der Waals surface area contributed by atoms with Crippen molar-refractivity contribution in [1.82, 2.24) is 0 Å². The van der Waals surface area contributed by atoms with E-state index >= 15 is 0 Å². The fourth-order valence-corrected chi connectivity index (χ4v) is 2.00. The maximum Gasteiger partial charge on any atom is 0.345 e. The number of nitrogens with zero attached hydrogens (tertiary/aromatic N) is 1.